The van der Waals surface area contributed by atoms with Gasteiger partial charge in [0.05, 0.1) is 6.20 Å². The molecule has 66 valence electrons. The molecule has 1 aromatic carbocycles. The highest BCUT2D eigenvalue weighted by Crippen LogP contribution is 2.27. The SMILES string of the molecule is Nc1cnc(-c2ccccc2F)s1. The van der Waals surface area contributed by atoms with E-state index in [2.05, 4.69) is 4.98 Å². The van der Waals surface area contributed by atoms with Crippen LogP contribution in [0.15, 0.2) is 30.5 Å². The van der Waals surface area contributed by atoms with Crippen molar-refractivity contribution in [3.8, 4) is 10.6 Å². The fraction of sp³-hybridized carbons (Fsp3) is 0. The van der Waals surface area contributed by atoms with Crippen LogP contribution in [0, 0.1) is 5.82 Å². The fourth-order valence-corrected chi connectivity index (χ4v) is 1.76. The monoisotopic (exact) mass is 194 g/mol. The summed E-state index contributed by atoms with van der Waals surface area (Å²) in [5, 5.41) is 1.22. The van der Waals surface area contributed by atoms with Gasteiger partial charge in [0.2, 0.25) is 0 Å². The molecule has 0 saturated heterocycles. The fourth-order valence-electron chi connectivity index (χ4n) is 1.05. The van der Waals surface area contributed by atoms with Gasteiger partial charge in [0.1, 0.15) is 15.8 Å². The molecule has 0 aliphatic carbocycles. The summed E-state index contributed by atoms with van der Waals surface area (Å²) in [6, 6.07) is 6.52. The topological polar surface area (TPSA) is 38.9 Å². The van der Waals surface area contributed by atoms with Crippen molar-refractivity contribution >= 4 is 16.3 Å². The van der Waals surface area contributed by atoms with Gasteiger partial charge in [-0.1, -0.05) is 23.5 Å². The third-order valence-electron chi connectivity index (χ3n) is 1.63. The normalized spacial score (nSPS) is 10.2. The van der Waals surface area contributed by atoms with Gasteiger partial charge < -0.3 is 5.73 Å². The number of hydrogen-bond acceptors (Lipinski definition) is 3. The van der Waals surface area contributed by atoms with Crippen LogP contribution >= 0.6 is 11.3 Å². The molecule has 0 amide bonds. The Hall–Kier alpha value is -1.42. The zero-order valence-corrected chi connectivity index (χ0v) is 7.51. The van der Waals surface area contributed by atoms with Gasteiger partial charge in [-0.25, -0.2) is 9.37 Å². The number of nitrogen functional groups attached to an aromatic ring is 1. The van der Waals surface area contributed by atoms with E-state index in [1.165, 1.54) is 23.6 Å². The number of hydrogen-bond donors (Lipinski definition) is 1. The highest BCUT2D eigenvalue weighted by Gasteiger charge is 2.06. The summed E-state index contributed by atoms with van der Waals surface area (Å²) in [6.07, 6.45) is 1.53. The average molecular weight is 194 g/mol. The Morgan fingerprint density at radius 2 is 2.08 bits per heavy atom. The lowest BCUT2D eigenvalue weighted by atomic mass is 10.2. The van der Waals surface area contributed by atoms with Crippen molar-refractivity contribution in [1.29, 1.82) is 0 Å². The lowest BCUT2D eigenvalue weighted by molar-refractivity contribution is 0.631. The second-order valence-corrected chi connectivity index (χ2v) is 3.61. The molecule has 0 radical (unpaired) electrons. The summed E-state index contributed by atoms with van der Waals surface area (Å²) in [4.78, 5) is 4.00. The smallest absolute Gasteiger partial charge is 0.133 e. The molecule has 0 aliphatic heterocycles. The van der Waals surface area contributed by atoms with Gasteiger partial charge in [-0.15, -0.1) is 0 Å². The van der Waals surface area contributed by atoms with Crippen LogP contribution in [0.1, 0.15) is 0 Å². The highest BCUT2D eigenvalue weighted by atomic mass is 32.1. The first kappa shape index (κ1) is 8.19. The van der Waals surface area contributed by atoms with Crippen LogP contribution in [-0.4, -0.2) is 4.98 Å². The Kier molecular flexibility index (Phi) is 1.98. The number of halogens is 1. The Balaban J connectivity index is 2.52. The molecule has 13 heavy (non-hydrogen) atoms. The first-order chi connectivity index (χ1) is 6.27. The van der Waals surface area contributed by atoms with Crippen LogP contribution in [-0.2, 0) is 0 Å². The largest absolute Gasteiger partial charge is 0.389 e. The first-order valence-corrected chi connectivity index (χ1v) is 4.55. The van der Waals surface area contributed by atoms with Crippen LogP contribution in [0.2, 0.25) is 0 Å². The maximum atomic E-state index is 13.2. The van der Waals surface area contributed by atoms with E-state index in [1.807, 2.05) is 0 Å². The van der Waals surface area contributed by atoms with Crippen molar-refractivity contribution in [2.45, 2.75) is 0 Å². The predicted molar refractivity (Wildman–Crippen MR) is 51.9 cm³/mol. The summed E-state index contributed by atoms with van der Waals surface area (Å²) in [6.45, 7) is 0. The van der Waals surface area contributed by atoms with E-state index < -0.39 is 0 Å². The van der Waals surface area contributed by atoms with E-state index in [-0.39, 0.29) is 5.82 Å². The zero-order valence-electron chi connectivity index (χ0n) is 6.70. The molecule has 0 fully saturated rings. The minimum atomic E-state index is -0.267. The molecule has 0 unspecified atom stereocenters. The number of anilines is 1. The number of nitrogens with zero attached hydrogens (tertiary/aromatic N) is 1. The van der Waals surface area contributed by atoms with Crippen LogP contribution < -0.4 is 5.73 Å². The molecule has 1 aromatic heterocycles. The molecule has 0 saturated carbocycles. The van der Waals surface area contributed by atoms with Crippen molar-refractivity contribution in [1.82, 2.24) is 4.98 Å². The molecule has 0 spiro atoms. The molecule has 2 N–H and O–H groups in total. The molecule has 2 aromatic rings. The van der Waals surface area contributed by atoms with E-state index in [1.54, 1.807) is 18.2 Å². The zero-order chi connectivity index (χ0) is 9.26. The highest BCUT2D eigenvalue weighted by molar-refractivity contribution is 7.18. The standard InChI is InChI=1S/C9H7FN2S/c10-7-4-2-1-3-6(7)9-12-5-8(11)13-9/h1-5H,11H2. The minimum absolute atomic E-state index is 0.267. The van der Waals surface area contributed by atoms with Crippen LogP contribution in [0.4, 0.5) is 9.39 Å². The maximum absolute atomic E-state index is 13.2. The summed E-state index contributed by atoms with van der Waals surface area (Å²) < 4.78 is 13.2. The maximum Gasteiger partial charge on any atom is 0.133 e. The van der Waals surface area contributed by atoms with E-state index in [9.17, 15) is 4.39 Å². The van der Waals surface area contributed by atoms with Crippen molar-refractivity contribution < 1.29 is 4.39 Å². The van der Waals surface area contributed by atoms with Gasteiger partial charge in [0.15, 0.2) is 0 Å². The van der Waals surface area contributed by atoms with E-state index >= 15 is 0 Å². The molecular weight excluding hydrogens is 187 g/mol. The number of thiazole rings is 1. The van der Waals surface area contributed by atoms with Crippen molar-refractivity contribution in [3.63, 3.8) is 0 Å². The van der Waals surface area contributed by atoms with Crippen molar-refractivity contribution in [2.24, 2.45) is 0 Å². The molecular formula is C9H7FN2S. The molecule has 0 aliphatic rings. The van der Waals surface area contributed by atoms with Gasteiger partial charge >= 0.3 is 0 Å². The second kappa shape index (κ2) is 3.14. The van der Waals surface area contributed by atoms with Gasteiger partial charge in [0, 0.05) is 5.56 Å². The summed E-state index contributed by atoms with van der Waals surface area (Å²) in [7, 11) is 0. The predicted octanol–water partition coefficient (Wildman–Crippen LogP) is 2.53. The van der Waals surface area contributed by atoms with E-state index in [0.717, 1.165) is 0 Å². The van der Waals surface area contributed by atoms with Crippen LogP contribution in [0.25, 0.3) is 10.6 Å². The Morgan fingerprint density at radius 3 is 2.69 bits per heavy atom. The first-order valence-electron chi connectivity index (χ1n) is 3.73. The lowest BCUT2D eigenvalue weighted by Crippen LogP contribution is -1.80. The molecule has 0 atom stereocenters. The molecule has 2 rings (SSSR count). The number of nitrogens with two attached hydrogens (primary N) is 1. The number of benzene rings is 1. The Labute approximate surface area is 78.9 Å². The van der Waals surface area contributed by atoms with E-state index in [4.69, 9.17) is 5.73 Å². The average Bonchev–Trinajstić information content (AvgIpc) is 2.53. The van der Waals surface area contributed by atoms with Gasteiger partial charge in [-0.2, -0.15) is 0 Å². The van der Waals surface area contributed by atoms with Gasteiger partial charge in [-0.3, -0.25) is 0 Å². The minimum Gasteiger partial charge on any atom is -0.389 e. The van der Waals surface area contributed by atoms with Gasteiger partial charge in [0.25, 0.3) is 0 Å². The summed E-state index contributed by atoms with van der Waals surface area (Å²) >= 11 is 1.28. The lowest BCUT2D eigenvalue weighted by Gasteiger charge is -1.96. The quantitative estimate of drug-likeness (QED) is 0.757. The number of rotatable bonds is 1. The van der Waals surface area contributed by atoms with Crippen LogP contribution in [0.3, 0.4) is 0 Å². The third-order valence-corrected chi connectivity index (χ3v) is 2.49. The Bertz CT molecular complexity index is 425. The molecule has 2 nitrogen and oxygen atoms in total. The van der Waals surface area contributed by atoms with Gasteiger partial charge in [-0.05, 0) is 12.1 Å². The number of aromatic nitrogens is 1. The Morgan fingerprint density at radius 1 is 1.31 bits per heavy atom. The van der Waals surface area contributed by atoms with Crippen molar-refractivity contribution in [3.05, 3.63) is 36.3 Å². The summed E-state index contributed by atoms with van der Waals surface area (Å²) in [5.74, 6) is -0.267. The summed E-state index contributed by atoms with van der Waals surface area (Å²) in [5.41, 5.74) is 6.00. The van der Waals surface area contributed by atoms with Crippen LogP contribution in [0.5, 0.6) is 0 Å². The molecule has 4 heteroatoms. The van der Waals surface area contributed by atoms with Crippen molar-refractivity contribution in [2.75, 3.05) is 5.73 Å². The molecule has 0 bridgehead atoms. The second-order valence-electron chi connectivity index (χ2n) is 2.55. The molecule has 1 heterocycles. The van der Waals surface area contributed by atoms with E-state index in [0.29, 0.717) is 15.6 Å². The third kappa shape index (κ3) is 1.53.